The maximum Gasteiger partial charge on any atom is 0.256 e. The zero-order valence-electron chi connectivity index (χ0n) is 18.8. The van der Waals surface area contributed by atoms with Crippen molar-refractivity contribution in [1.82, 2.24) is 9.88 Å². The highest BCUT2D eigenvalue weighted by Crippen LogP contribution is 2.30. The Morgan fingerprint density at radius 1 is 1.03 bits per heavy atom. The minimum absolute atomic E-state index is 0.0576. The average molecular weight is 477 g/mol. The van der Waals surface area contributed by atoms with Crippen LogP contribution in [0.4, 0.5) is 11.4 Å². The monoisotopic (exact) mass is 476 g/mol. The highest BCUT2D eigenvalue weighted by atomic mass is 32.1. The summed E-state index contributed by atoms with van der Waals surface area (Å²) in [5.41, 5.74) is 2.12. The van der Waals surface area contributed by atoms with Crippen molar-refractivity contribution in [3.63, 3.8) is 0 Å². The zero-order valence-corrected chi connectivity index (χ0v) is 19.6. The molecule has 0 unspecified atom stereocenters. The summed E-state index contributed by atoms with van der Waals surface area (Å²) in [7, 11) is 3.15. The van der Waals surface area contributed by atoms with Gasteiger partial charge in [0.15, 0.2) is 5.11 Å². The standard InChI is InChI=1S/C25H24N4O4S/c1-32-20-9-5-18(6-10-20)27-23(30)14-22-24(31)29(19-7-11-21(33-2)12-8-19)25(34)28(22)16-17-4-3-13-26-15-17/h3-13,15,22H,14,16H2,1-2H3,(H,27,30)/t22-/m1/s1. The Bertz CT molecular complexity index is 1170. The molecule has 1 fully saturated rings. The van der Waals surface area contributed by atoms with E-state index < -0.39 is 6.04 Å². The first-order chi connectivity index (χ1) is 16.5. The van der Waals surface area contributed by atoms with E-state index in [9.17, 15) is 9.59 Å². The summed E-state index contributed by atoms with van der Waals surface area (Å²) in [6, 6.07) is 17.0. The van der Waals surface area contributed by atoms with Crippen LogP contribution in [0.5, 0.6) is 11.5 Å². The Morgan fingerprint density at radius 3 is 2.26 bits per heavy atom. The molecule has 2 aromatic carbocycles. The average Bonchev–Trinajstić information content (AvgIpc) is 3.09. The highest BCUT2D eigenvalue weighted by Gasteiger charge is 2.44. The van der Waals surface area contributed by atoms with Gasteiger partial charge in [-0.15, -0.1) is 0 Å². The summed E-state index contributed by atoms with van der Waals surface area (Å²) in [4.78, 5) is 33.8. The fraction of sp³-hybridized carbons (Fsp3) is 0.200. The van der Waals surface area contributed by atoms with E-state index in [4.69, 9.17) is 21.7 Å². The van der Waals surface area contributed by atoms with Crippen molar-refractivity contribution in [2.45, 2.75) is 19.0 Å². The first kappa shape index (κ1) is 23.2. The molecule has 0 aliphatic carbocycles. The van der Waals surface area contributed by atoms with Gasteiger partial charge < -0.3 is 19.7 Å². The topological polar surface area (TPSA) is 84.0 Å². The minimum atomic E-state index is -0.756. The van der Waals surface area contributed by atoms with Gasteiger partial charge >= 0.3 is 0 Å². The molecular formula is C25H24N4O4S. The number of aromatic nitrogens is 1. The molecule has 1 aliphatic heterocycles. The molecule has 0 saturated carbocycles. The molecule has 9 heteroatoms. The molecule has 1 N–H and O–H groups in total. The fourth-order valence-electron chi connectivity index (χ4n) is 3.73. The first-order valence-electron chi connectivity index (χ1n) is 10.6. The van der Waals surface area contributed by atoms with E-state index in [2.05, 4.69) is 10.3 Å². The van der Waals surface area contributed by atoms with Crippen LogP contribution in [0.3, 0.4) is 0 Å². The van der Waals surface area contributed by atoms with Gasteiger partial charge in [-0.25, -0.2) is 0 Å². The maximum atomic E-state index is 13.5. The van der Waals surface area contributed by atoms with Gasteiger partial charge in [0.1, 0.15) is 17.5 Å². The Hall–Kier alpha value is -3.98. The van der Waals surface area contributed by atoms with Crippen LogP contribution in [0, 0.1) is 0 Å². The molecule has 0 spiro atoms. The molecule has 1 aliphatic rings. The van der Waals surface area contributed by atoms with Crippen LogP contribution in [-0.4, -0.2) is 47.1 Å². The number of nitrogens with one attached hydrogen (secondary N) is 1. The molecule has 174 valence electrons. The smallest absolute Gasteiger partial charge is 0.256 e. The molecule has 8 nitrogen and oxygen atoms in total. The van der Waals surface area contributed by atoms with Gasteiger partial charge in [0.2, 0.25) is 5.91 Å². The van der Waals surface area contributed by atoms with Gasteiger partial charge in [-0.2, -0.15) is 0 Å². The summed E-state index contributed by atoms with van der Waals surface area (Å²) >= 11 is 5.70. The fourth-order valence-corrected chi connectivity index (χ4v) is 4.12. The third kappa shape index (κ3) is 4.99. The Morgan fingerprint density at radius 2 is 1.68 bits per heavy atom. The summed E-state index contributed by atoms with van der Waals surface area (Å²) in [6.45, 7) is 0.353. The highest BCUT2D eigenvalue weighted by molar-refractivity contribution is 7.80. The van der Waals surface area contributed by atoms with Crippen molar-refractivity contribution in [3.05, 3.63) is 78.6 Å². The van der Waals surface area contributed by atoms with Crippen LogP contribution in [0.1, 0.15) is 12.0 Å². The number of thiocarbonyl (C=S) groups is 1. The minimum Gasteiger partial charge on any atom is -0.497 e. The van der Waals surface area contributed by atoms with Crippen LogP contribution in [0.2, 0.25) is 0 Å². The number of pyridine rings is 1. The maximum absolute atomic E-state index is 13.5. The van der Waals surface area contributed by atoms with E-state index >= 15 is 0 Å². The largest absolute Gasteiger partial charge is 0.497 e. The predicted octanol–water partition coefficient (Wildman–Crippen LogP) is 3.63. The number of carbonyl (C=O) groups excluding carboxylic acids is 2. The molecule has 0 radical (unpaired) electrons. The summed E-state index contributed by atoms with van der Waals surface area (Å²) < 4.78 is 10.4. The molecule has 3 aromatic rings. The molecule has 34 heavy (non-hydrogen) atoms. The second-order valence-electron chi connectivity index (χ2n) is 7.64. The number of ether oxygens (including phenoxy) is 2. The van der Waals surface area contributed by atoms with E-state index in [1.165, 1.54) is 4.90 Å². The Labute approximate surface area is 203 Å². The number of anilines is 2. The molecule has 1 saturated heterocycles. The quantitative estimate of drug-likeness (QED) is 0.497. The van der Waals surface area contributed by atoms with E-state index in [-0.39, 0.29) is 18.2 Å². The lowest BCUT2D eigenvalue weighted by atomic mass is 10.1. The molecule has 1 atom stereocenters. The number of nitrogens with zero attached hydrogens (tertiary/aromatic N) is 3. The second-order valence-corrected chi connectivity index (χ2v) is 8.01. The lowest BCUT2D eigenvalue weighted by molar-refractivity contribution is -0.124. The lowest BCUT2D eigenvalue weighted by Crippen LogP contribution is -2.37. The predicted molar refractivity (Wildman–Crippen MR) is 133 cm³/mol. The molecule has 2 heterocycles. The number of hydrogen-bond donors (Lipinski definition) is 1. The van der Waals surface area contributed by atoms with Crippen molar-refractivity contribution in [3.8, 4) is 11.5 Å². The van der Waals surface area contributed by atoms with Crippen LogP contribution in [0.25, 0.3) is 0 Å². The molecule has 0 bridgehead atoms. The second kappa shape index (κ2) is 10.3. The van der Waals surface area contributed by atoms with Gasteiger partial charge in [-0.05, 0) is 72.4 Å². The number of amides is 2. The third-order valence-corrected chi connectivity index (χ3v) is 5.89. The number of rotatable bonds is 8. The summed E-state index contributed by atoms with van der Waals surface area (Å²) in [6.07, 6.45) is 3.34. The van der Waals surface area contributed by atoms with Crippen LogP contribution < -0.4 is 19.7 Å². The van der Waals surface area contributed by atoms with E-state index in [1.807, 2.05) is 12.1 Å². The van der Waals surface area contributed by atoms with Crippen molar-refractivity contribution in [2.24, 2.45) is 0 Å². The van der Waals surface area contributed by atoms with Gasteiger partial charge in [0.05, 0.1) is 26.3 Å². The normalized spacial score (nSPS) is 15.4. The first-order valence-corrected chi connectivity index (χ1v) is 11.0. The number of benzene rings is 2. The van der Waals surface area contributed by atoms with E-state index in [1.54, 1.807) is 80.0 Å². The van der Waals surface area contributed by atoms with Gasteiger partial charge in [-0.3, -0.25) is 19.5 Å². The van der Waals surface area contributed by atoms with E-state index in [0.29, 0.717) is 34.5 Å². The van der Waals surface area contributed by atoms with Gasteiger partial charge in [0.25, 0.3) is 5.91 Å². The van der Waals surface area contributed by atoms with Crippen LogP contribution in [-0.2, 0) is 16.1 Å². The summed E-state index contributed by atoms with van der Waals surface area (Å²) in [5.74, 6) is 0.805. The van der Waals surface area contributed by atoms with Crippen LogP contribution in [0.15, 0.2) is 73.1 Å². The SMILES string of the molecule is COc1ccc(NC(=O)C[C@@H]2C(=O)N(c3ccc(OC)cc3)C(=S)N2Cc2cccnc2)cc1. The van der Waals surface area contributed by atoms with Gasteiger partial charge in [-0.1, -0.05) is 6.07 Å². The van der Waals surface area contributed by atoms with Crippen molar-refractivity contribution in [2.75, 3.05) is 24.4 Å². The number of methoxy groups -OCH3 is 2. The molecular weight excluding hydrogens is 452 g/mol. The molecule has 1 aromatic heterocycles. The van der Waals surface area contributed by atoms with E-state index in [0.717, 1.165) is 5.56 Å². The van der Waals surface area contributed by atoms with Crippen molar-refractivity contribution < 1.29 is 19.1 Å². The summed E-state index contributed by atoms with van der Waals surface area (Å²) in [5, 5.41) is 3.18. The van der Waals surface area contributed by atoms with Gasteiger partial charge in [0, 0.05) is 24.6 Å². The zero-order chi connectivity index (χ0) is 24.1. The Balaban J connectivity index is 1.57. The van der Waals surface area contributed by atoms with Crippen molar-refractivity contribution in [1.29, 1.82) is 0 Å². The number of hydrogen-bond acceptors (Lipinski definition) is 6. The molecule has 2 amide bonds. The molecule has 4 rings (SSSR count). The number of carbonyl (C=O) groups is 2. The Kier molecular flexibility index (Phi) is 7.03. The van der Waals surface area contributed by atoms with Crippen LogP contribution >= 0.6 is 12.2 Å². The third-order valence-electron chi connectivity index (χ3n) is 5.48. The lowest BCUT2D eigenvalue weighted by Gasteiger charge is -2.24. The van der Waals surface area contributed by atoms with Crippen molar-refractivity contribution >= 4 is 40.5 Å².